The zero-order chi connectivity index (χ0) is 22.5. The molecule has 0 radical (unpaired) electrons. The van der Waals surface area contributed by atoms with Gasteiger partial charge in [-0.3, -0.25) is 4.79 Å². The number of amides is 2. The molecular formula is C25H26N2O5. The summed E-state index contributed by atoms with van der Waals surface area (Å²) in [6.07, 6.45) is 4.42. The fraction of sp³-hybridized carbons (Fsp3) is 0.320. The Labute approximate surface area is 186 Å². The zero-order valence-electron chi connectivity index (χ0n) is 17.6. The molecule has 2 aromatic rings. The SMILES string of the molecule is O=C(O)/C=C/CNC(=O)C(NC(=O)OCC1c2ccccc2-c2ccccc21)C1CCC1. The number of carbonyl (C=O) groups is 3. The maximum atomic E-state index is 12.6. The highest BCUT2D eigenvalue weighted by Crippen LogP contribution is 2.44. The van der Waals surface area contributed by atoms with E-state index in [4.69, 9.17) is 9.84 Å². The van der Waals surface area contributed by atoms with Crippen LogP contribution in [0.1, 0.15) is 36.3 Å². The second-order valence-corrected chi connectivity index (χ2v) is 8.12. The fourth-order valence-corrected chi connectivity index (χ4v) is 4.37. The molecule has 7 heteroatoms. The minimum absolute atomic E-state index is 0.0507. The second kappa shape index (κ2) is 9.68. The number of fused-ring (bicyclic) bond motifs is 3. The van der Waals surface area contributed by atoms with E-state index < -0.39 is 18.1 Å². The van der Waals surface area contributed by atoms with Gasteiger partial charge in [0.05, 0.1) is 0 Å². The van der Waals surface area contributed by atoms with Crippen molar-refractivity contribution in [2.45, 2.75) is 31.2 Å². The lowest BCUT2D eigenvalue weighted by atomic mass is 9.79. The van der Waals surface area contributed by atoms with Gasteiger partial charge in [0.2, 0.25) is 5.91 Å². The van der Waals surface area contributed by atoms with E-state index in [1.165, 1.54) is 6.08 Å². The number of carbonyl (C=O) groups excluding carboxylic acids is 2. The summed E-state index contributed by atoms with van der Waals surface area (Å²) in [5, 5.41) is 14.0. The standard InChI is InChI=1S/C25H26N2O5/c28-22(29)13-6-14-26-24(30)23(16-7-5-8-16)27-25(31)32-15-21-19-11-3-1-9-17(19)18-10-2-4-12-20(18)21/h1-4,6,9-13,16,21,23H,5,7-8,14-15H2,(H,26,30)(H,27,31)(H,28,29)/b13-6+. The van der Waals surface area contributed by atoms with Crippen molar-refractivity contribution in [2.75, 3.05) is 13.2 Å². The molecule has 1 atom stereocenters. The van der Waals surface area contributed by atoms with Crippen molar-refractivity contribution in [3.05, 3.63) is 71.8 Å². The third kappa shape index (κ3) is 4.66. The quantitative estimate of drug-likeness (QED) is 0.552. The van der Waals surface area contributed by atoms with Crippen LogP contribution in [-0.2, 0) is 14.3 Å². The highest BCUT2D eigenvalue weighted by molar-refractivity contribution is 5.86. The van der Waals surface area contributed by atoms with Gasteiger partial charge < -0.3 is 20.5 Å². The second-order valence-electron chi connectivity index (χ2n) is 8.12. The first-order valence-electron chi connectivity index (χ1n) is 10.8. The lowest BCUT2D eigenvalue weighted by Gasteiger charge is -2.33. The van der Waals surface area contributed by atoms with Crippen molar-refractivity contribution in [1.82, 2.24) is 10.6 Å². The Kier molecular flexibility index (Phi) is 6.54. The number of hydrogen-bond donors (Lipinski definition) is 3. The maximum absolute atomic E-state index is 12.6. The van der Waals surface area contributed by atoms with Gasteiger partial charge in [-0.2, -0.15) is 0 Å². The van der Waals surface area contributed by atoms with Crippen LogP contribution in [0.2, 0.25) is 0 Å². The first-order chi connectivity index (χ1) is 15.5. The van der Waals surface area contributed by atoms with Gasteiger partial charge in [-0.25, -0.2) is 9.59 Å². The van der Waals surface area contributed by atoms with Crippen LogP contribution in [0.15, 0.2) is 60.7 Å². The number of nitrogens with one attached hydrogen (secondary N) is 2. The Morgan fingerprint density at radius 3 is 2.22 bits per heavy atom. The number of carboxylic acids is 1. The molecule has 1 unspecified atom stereocenters. The normalized spacial score (nSPS) is 16.0. The summed E-state index contributed by atoms with van der Waals surface area (Å²) < 4.78 is 5.57. The van der Waals surface area contributed by atoms with E-state index >= 15 is 0 Å². The molecule has 4 rings (SSSR count). The van der Waals surface area contributed by atoms with Crippen LogP contribution in [0.3, 0.4) is 0 Å². The molecule has 3 N–H and O–H groups in total. The molecule has 32 heavy (non-hydrogen) atoms. The molecule has 0 heterocycles. The summed E-state index contributed by atoms with van der Waals surface area (Å²) in [6, 6.07) is 15.5. The van der Waals surface area contributed by atoms with Crippen molar-refractivity contribution in [3.63, 3.8) is 0 Å². The van der Waals surface area contributed by atoms with Crippen LogP contribution in [0, 0.1) is 5.92 Å². The van der Waals surface area contributed by atoms with Crippen LogP contribution >= 0.6 is 0 Å². The van der Waals surface area contributed by atoms with E-state index in [1.54, 1.807) is 0 Å². The Hall–Kier alpha value is -3.61. The van der Waals surface area contributed by atoms with Gasteiger partial charge in [0.15, 0.2) is 0 Å². The van der Waals surface area contributed by atoms with Gasteiger partial charge in [-0.15, -0.1) is 0 Å². The van der Waals surface area contributed by atoms with Crippen LogP contribution in [0.4, 0.5) is 4.79 Å². The predicted octanol–water partition coefficient (Wildman–Crippen LogP) is 3.45. The topological polar surface area (TPSA) is 105 Å². The third-order valence-corrected chi connectivity index (χ3v) is 6.18. The van der Waals surface area contributed by atoms with Gasteiger partial charge >= 0.3 is 12.1 Å². The molecule has 1 saturated carbocycles. The Morgan fingerprint density at radius 1 is 1.03 bits per heavy atom. The van der Waals surface area contributed by atoms with Crippen molar-refractivity contribution in [1.29, 1.82) is 0 Å². The van der Waals surface area contributed by atoms with Gasteiger partial charge in [-0.1, -0.05) is 61.0 Å². The highest BCUT2D eigenvalue weighted by atomic mass is 16.5. The Morgan fingerprint density at radius 2 is 1.66 bits per heavy atom. The van der Waals surface area contributed by atoms with Crippen LogP contribution in [0.25, 0.3) is 11.1 Å². The summed E-state index contributed by atoms with van der Waals surface area (Å²) in [5.74, 6) is -1.41. The molecule has 0 spiro atoms. The van der Waals surface area contributed by atoms with E-state index in [0.717, 1.165) is 47.6 Å². The highest BCUT2D eigenvalue weighted by Gasteiger charge is 2.35. The molecule has 2 aliphatic rings. The zero-order valence-corrected chi connectivity index (χ0v) is 17.6. The van der Waals surface area contributed by atoms with E-state index in [9.17, 15) is 14.4 Å². The number of alkyl carbamates (subject to hydrolysis) is 1. The molecule has 1 fully saturated rings. The Bertz CT molecular complexity index is 999. The van der Waals surface area contributed by atoms with Gasteiger partial charge in [-0.05, 0) is 41.0 Å². The van der Waals surface area contributed by atoms with E-state index in [2.05, 4.69) is 34.9 Å². The molecule has 2 aliphatic carbocycles. The molecular weight excluding hydrogens is 408 g/mol. The molecule has 2 aromatic carbocycles. The first kappa shape index (κ1) is 21.6. The van der Waals surface area contributed by atoms with Crippen molar-refractivity contribution >= 4 is 18.0 Å². The predicted molar refractivity (Wildman–Crippen MR) is 119 cm³/mol. The molecule has 2 amide bonds. The van der Waals surface area contributed by atoms with Gasteiger partial charge in [0.1, 0.15) is 12.6 Å². The molecule has 0 bridgehead atoms. The van der Waals surface area contributed by atoms with Crippen LogP contribution in [-0.4, -0.2) is 42.3 Å². The molecule has 7 nitrogen and oxygen atoms in total. The number of rotatable bonds is 8. The fourth-order valence-electron chi connectivity index (χ4n) is 4.37. The smallest absolute Gasteiger partial charge is 0.407 e. The lowest BCUT2D eigenvalue weighted by Crippen LogP contribution is -2.52. The average molecular weight is 434 g/mol. The largest absolute Gasteiger partial charge is 0.478 e. The molecule has 0 aromatic heterocycles. The Balaban J connectivity index is 1.38. The van der Waals surface area contributed by atoms with E-state index in [1.807, 2.05) is 24.3 Å². The van der Waals surface area contributed by atoms with E-state index in [-0.39, 0.29) is 30.9 Å². The summed E-state index contributed by atoms with van der Waals surface area (Å²) >= 11 is 0. The van der Waals surface area contributed by atoms with Crippen molar-refractivity contribution in [3.8, 4) is 11.1 Å². The first-order valence-corrected chi connectivity index (χ1v) is 10.8. The van der Waals surface area contributed by atoms with Crippen molar-refractivity contribution < 1.29 is 24.2 Å². The number of aliphatic carboxylic acids is 1. The van der Waals surface area contributed by atoms with Gasteiger partial charge in [0.25, 0.3) is 0 Å². The number of hydrogen-bond acceptors (Lipinski definition) is 4. The third-order valence-electron chi connectivity index (χ3n) is 6.18. The number of carboxylic acid groups (broad SMARTS) is 1. The maximum Gasteiger partial charge on any atom is 0.407 e. The minimum atomic E-state index is -1.08. The monoisotopic (exact) mass is 434 g/mol. The van der Waals surface area contributed by atoms with Gasteiger partial charge in [0, 0.05) is 18.5 Å². The minimum Gasteiger partial charge on any atom is -0.478 e. The summed E-state index contributed by atoms with van der Waals surface area (Å²) in [6.45, 7) is 0.265. The molecule has 166 valence electrons. The molecule has 0 aliphatic heterocycles. The molecule has 0 saturated heterocycles. The summed E-state index contributed by atoms with van der Waals surface area (Å²) in [5.41, 5.74) is 4.55. The van der Waals surface area contributed by atoms with Crippen LogP contribution in [0.5, 0.6) is 0 Å². The average Bonchev–Trinajstić information content (AvgIpc) is 3.07. The van der Waals surface area contributed by atoms with Crippen molar-refractivity contribution in [2.24, 2.45) is 5.92 Å². The summed E-state index contributed by atoms with van der Waals surface area (Å²) in [7, 11) is 0. The summed E-state index contributed by atoms with van der Waals surface area (Å²) in [4.78, 5) is 35.7. The van der Waals surface area contributed by atoms with E-state index in [0.29, 0.717) is 0 Å². The number of ether oxygens (including phenoxy) is 1. The lowest BCUT2D eigenvalue weighted by molar-refractivity contribution is -0.131. The van der Waals surface area contributed by atoms with Crippen LogP contribution < -0.4 is 10.6 Å². The number of benzene rings is 2.